The molecule has 0 N–H and O–H groups in total. The van der Waals surface area contributed by atoms with Gasteiger partial charge >= 0.3 is 0 Å². The molecule has 1 aromatic carbocycles. The SMILES string of the molecule is COc1ccc(S(=O)(=O)N2CCN(c3cc(N4CCOCC4)nc(C)n3)CC2)c(C)c1C. The number of aryl methyl sites for hydroxylation is 1. The van der Waals surface area contributed by atoms with Crippen LogP contribution in [0.2, 0.25) is 0 Å². The highest BCUT2D eigenvalue weighted by Gasteiger charge is 2.31. The van der Waals surface area contributed by atoms with Gasteiger partial charge in [0.05, 0.1) is 25.2 Å². The second kappa shape index (κ2) is 9.21. The molecule has 2 aromatic rings. The van der Waals surface area contributed by atoms with Crippen LogP contribution < -0.4 is 14.5 Å². The monoisotopic (exact) mass is 461 g/mol. The molecule has 4 rings (SSSR count). The van der Waals surface area contributed by atoms with Crippen molar-refractivity contribution in [2.24, 2.45) is 0 Å². The summed E-state index contributed by atoms with van der Waals surface area (Å²) in [7, 11) is -1.99. The Balaban J connectivity index is 1.50. The van der Waals surface area contributed by atoms with Crippen LogP contribution >= 0.6 is 0 Å². The van der Waals surface area contributed by atoms with Crippen molar-refractivity contribution in [2.45, 2.75) is 25.7 Å². The maximum Gasteiger partial charge on any atom is 0.243 e. The standard InChI is InChI=1S/C22H31N5O4S/c1-16-17(2)20(6-5-19(16)30-4)32(28,29)27-9-7-25(8-10-27)21-15-22(24-18(3)23-21)26-11-13-31-14-12-26/h5-6,15H,7-14H2,1-4H3. The van der Waals surface area contributed by atoms with E-state index in [9.17, 15) is 8.42 Å². The smallest absolute Gasteiger partial charge is 0.243 e. The normalized spacial score (nSPS) is 18.1. The average Bonchev–Trinajstić information content (AvgIpc) is 2.81. The first kappa shape index (κ1) is 22.8. The number of morpholine rings is 1. The minimum atomic E-state index is -3.58. The number of benzene rings is 1. The van der Waals surface area contributed by atoms with Crippen LogP contribution in [-0.4, -0.2) is 82.3 Å². The van der Waals surface area contributed by atoms with Gasteiger partial charge in [0.25, 0.3) is 0 Å². The van der Waals surface area contributed by atoms with Gasteiger partial charge in [-0.25, -0.2) is 18.4 Å². The number of methoxy groups -OCH3 is 1. The molecule has 2 fully saturated rings. The Morgan fingerprint density at radius 2 is 1.47 bits per heavy atom. The Kier molecular flexibility index (Phi) is 6.55. The Hall–Kier alpha value is -2.43. The zero-order valence-electron chi connectivity index (χ0n) is 19.2. The molecule has 0 aliphatic carbocycles. The van der Waals surface area contributed by atoms with Crippen molar-refractivity contribution in [3.63, 3.8) is 0 Å². The predicted molar refractivity (Wildman–Crippen MR) is 123 cm³/mol. The lowest BCUT2D eigenvalue weighted by Gasteiger charge is -2.35. The lowest BCUT2D eigenvalue weighted by Crippen LogP contribution is -2.49. The summed E-state index contributed by atoms with van der Waals surface area (Å²) in [5, 5.41) is 0. The topological polar surface area (TPSA) is 88.1 Å². The molecule has 174 valence electrons. The van der Waals surface area contributed by atoms with Crippen molar-refractivity contribution in [1.82, 2.24) is 14.3 Å². The van der Waals surface area contributed by atoms with Crippen LogP contribution in [0, 0.1) is 20.8 Å². The van der Waals surface area contributed by atoms with Gasteiger partial charge in [-0.05, 0) is 44.0 Å². The van der Waals surface area contributed by atoms with E-state index in [1.54, 1.807) is 23.5 Å². The van der Waals surface area contributed by atoms with Gasteiger partial charge in [0.15, 0.2) is 0 Å². The highest BCUT2D eigenvalue weighted by Crippen LogP contribution is 2.30. The number of ether oxygens (including phenoxy) is 2. The van der Waals surface area contributed by atoms with Gasteiger partial charge in [-0.1, -0.05) is 0 Å². The Bertz CT molecular complexity index is 1080. The van der Waals surface area contributed by atoms with E-state index in [-0.39, 0.29) is 0 Å². The number of aromatic nitrogens is 2. The molecular formula is C22H31N5O4S. The van der Waals surface area contributed by atoms with E-state index in [4.69, 9.17) is 9.47 Å². The summed E-state index contributed by atoms with van der Waals surface area (Å²) in [5.41, 5.74) is 1.58. The van der Waals surface area contributed by atoms with Crippen molar-refractivity contribution in [3.05, 3.63) is 35.2 Å². The van der Waals surface area contributed by atoms with Gasteiger partial charge < -0.3 is 19.3 Å². The molecule has 0 amide bonds. The maximum absolute atomic E-state index is 13.3. The fourth-order valence-corrected chi connectivity index (χ4v) is 5.92. The van der Waals surface area contributed by atoms with Crippen LogP contribution in [0.25, 0.3) is 0 Å². The summed E-state index contributed by atoms with van der Waals surface area (Å²) in [6.07, 6.45) is 0. The number of sulfonamides is 1. The molecule has 2 aliphatic heterocycles. The van der Waals surface area contributed by atoms with E-state index in [0.717, 1.165) is 35.9 Å². The molecule has 0 atom stereocenters. The second-order valence-electron chi connectivity index (χ2n) is 8.14. The summed E-state index contributed by atoms with van der Waals surface area (Å²) in [6, 6.07) is 5.37. The van der Waals surface area contributed by atoms with E-state index in [2.05, 4.69) is 19.8 Å². The molecule has 0 radical (unpaired) electrons. The zero-order valence-corrected chi connectivity index (χ0v) is 20.0. The summed E-state index contributed by atoms with van der Waals surface area (Å²) in [5.74, 6) is 3.15. The van der Waals surface area contributed by atoms with Crippen molar-refractivity contribution in [2.75, 3.05) is 69.4 Å². The van der Waals surface area contributed by atoms with Crippen molar-refractivity contribution < 1.29 is 17.9 Å². The Morgan fingerprint density at radius 1 is 0.875 bits per heavy atom. The molecule has 9 nitrogen and oxygen atoms in total. The van der Waals surface area contributed by atoms with E-state index >= 15 is 0 Å². The Morgan fingerprint density at radius 3 is 2.06 bits per heavy atom. The third-order valence-corrected chi connectivity index (χ3v) is 8.28. The fourth-order valence-electron chi connectivity index (χ4n) is 4.22. The van der Waals surface area contributed by atoms with E-state index in [1.807, 2.05) is 26.8 Å². The van der Waals surface area contributed by atoms with Gasteiger partial charge in [-0.3, -0.25) is 0 Å². The minimum absolute atomic E-state index is 0.344. The largest absolute Gasteiger partial charge is 0.496 e. The van der Waals surface area contributed by atoms with Gasteiger partial charge in [0.2, 0.25) is 10.0 Å². The van der Waals surface area contributed by atoms with Gasteiger partial charge in [-0.2, -0.15) is 4.31 Å². The van der Waals surface area contributed by atoms with Crippen molar-refractivity contribution in [3.8, 4) is 5.75 Å². The minimum Gasteiger partial charge on any atom is -0.496 e. The third kappa shape index (κ3) is 4.39. The van der Waals surface area contributed by atoms with Gasteiger partial charge in [0.1, 0.15) is 23.2 Å². The zero-order chi connectivity index (χ0) is 22.9. The van der Waals surface area contributed by atoms with E-state index in [1.165, 1.54) is 0 Å². The molecule has 0 saturated carbocycles. The highest BCUT2D eigenvalue weighted by molar-refractivity contribution is 7.89. The van der Waals surface area contributed by atoms with E-state index in [0.29, 0.717) is 55.9 Å². The molecular weight excluding hydrogens is 430 g/mol. The van der Waals surface area contributed by atoms with Crippen molar-refractivity contribution in [1.29, 1.82) is 0 Å². The van der Waals surface area contributed by atoms with Crippen LogP contribution in [0.1, 0.15) is 17.0 Å². The van der Waals surface area contributed by atoms with Crippen LogP contribution in [0.3, 0.4) is 0 Å². The fraction of sp³-hybridized carbons (Fsp3) is 0.545. The molecule has 2 saturated heterocycles. The lowest BCUT2D eigenvalue weighted by molar-refractivity contribution is 0.122. The first-order valence-corrected chi connectivity index (χ1v) is 12.3. The molecule has 0 bridgehead atoms. The average molecular weight is 462 g/mol. The molecule has 32 heavy (non-hydrogen) atoms. The first-order valence-electron chi connectivity index (χ1n) is 10.9. The van der Waals surface area contributed by atoms with E-state index < -0.39 is 10.0 Å². The summed E-state index contributed by atoms with van der Waals surface area (Å²) in [4.78, 5) is 13.9. The molecule has 10 heteroatoms. The van der Waals surface area contributed by atoms with Gasteiger partial charge in [-0.15, -0.1) is 0 Å². The van der Waals surface area contributed by atoms with Crippen LogP contribution in [-0.2, 0) is 14.8 Å². The summed E-state index contributed by atoms with van der Waals surface area (Å²) in [6.45, 7) is 10.6. The second-order valence-corrected chi connectivity index (χ2v) is 10.0. The number of hydrogen-bond donors (Lipinski definition) is 0. The highest BCUT2D eigenvalue weighted by atomic mass is 32.2. The van der Waals surface area contributed by atoms with Crippen molar-refractivity contribution >= 4 is 21.7 Å². The predicted octanol–water partition coefficient (Wildman–Crippen LogP) is 1.76. The molecule has 0 unspecified atom stereocenters. The van der Waals surface area contributed by atoms with Crippen LogP contribution in [0.15, 0.2) is 23.1 Å². The molecule has 2 aliphatic rings. The summed E-state index contributed by atoms with van der Waals surface area (Å²) < 4.78 is 39.0. The maximum atomic E-state index is 13.3. The number of anilines is 2. The number of rotatable bonds is 5. The Labute approximate surface area is 190 Å². The van der Waals surface area contributed by atoms with Crippen LogP contribution in [0.4, 0.5) is 11.6 Å². The first-order chi connectivity index (χ1) is 15.3. The summed E-state index contributed by atoms with van der Waals surface area (Å²) >= 11 is 0. The quantitative estimate of drug-likeness (QED) is 0.666. The number of nitrogens with zero attached hydrogens (tertiary/aromatic N) is 5. The molecule has 0 spiro atoms. The lowest BCUT2D eigenvalue weighted by atomic mass is 10.1. The van der Waals surface area contributed by atoms with Crippen LogP contribution in [0.5, 0.6) is 5.75 Å². The molecule has 1 aromatic heterocycles. The number of hydrogen-bond acceptors (Lipinski definition) is 8. The van der Waals surface area contributed by atoms with Gasteiger partial charge in [0, 0.05) is 45.3 Å². The number of piperazine rings is 1. The molecule has 3 heterocycles. The third-order valence-electron chi connectivity index (χ3n) is 6.23.